The summed E-state index contributed by atoms with van der Waals surface area (Å²) in [6.07, 6.45) is 1.64. The number of halogens is 1. The van der Waals surface area contributed by atoms with Gasteiger partial charge in [0.2, 0.25) is 5.89 Å². The molecule has 3 rings (SSSR count). The van der Waals surface area contributed by atoms with Crippen molar-refractivity contribution in [1.29, 1.82) is 0 Å². The maximum absolute atomic E-state index is 11.8. The van der Waals surface area contributed by atoms with Gasteiger partial charge in [-0.25, -0.2) is 4.98 Å². The first-order valence-electron chi connectivity index (χ1n) is 9.51. The molecule has 0 unspecified atom stereocenters. The predicted octanol–water partition coefficient (Wildman–Crippen LogP) is 3.57. The van der Waals surface area contributed by atoms with E-state index in [1.54, 1.807) is 13.3 Å². The van der Waals surface area contributed by atoms with Gasteiger partial charge < -0.3 is 20.4 Å². The third-order valence-electron chi connectivity index (χ3n) is 4.25. The number of carbonyl (C=O) groups is 1. The Bertz CT molecular complexity index is 955. The summed E-state index contributed by atoms with van der Waals surface area (Å²) in [7, 11) is 1.71. The molecule has 1 heterocycles. The van der Waals surface area contributed by atoms with Crippen LogP contribution in [-0.4, -0.2) is 30.4 Å². The number of carbonyl (C=O) groups excluding carboxylic acids is 1. The van der Waals surface area contributed by atoms with E-state index in [2.05, 4.69) is 25.9 Å². The van der Waals surface area contributed by atoms with Crippen LogP contribution in [0.1, 0.15) is 28.5 Å². The van der Waals surface area contributed by atoms with E-state index in [0.29, 0.717) is 37.0 Å². The molecule has 0 aliphatic carbocycles. The molecule has 0 aliphatic heterocycles. The summed E-state index contributed by atoms with van der Waals surface area (Å²) in [6.45, 7) is 3.59. The van der Waals surface area contributed by atoms with Gasteiger partial charge in [-0.3, -0.25) is 9.79 Å². The molecular weight excluding hydrogens is 493 g/mol. The highest BCUT2D eigenvalue weighted by molar-refractivity contribution is 14.0. The number of hydrogen-bond donors (Lipinski definition) is 3. The lowest BCUT2D eigenvalue weighted by molar-refractivity contribution is 0.0956. The first-order chi connectivity index (χ1) is 14.2. The normalized spacial score (nSPS) is 10.8. The van der Waals surface area contributed by atoms with E-state index in [9.17, 15) is 4.79 Å². The predicted molar refractivity (Wildman–Crippen MR) is 129 cm³/mol. The Balaban J connectivity index is 0.00000320. The van der Waals surface area contributed by atoms with Gasteiger partial charge in [0, 0.05) is 31.3 Å². The first-order valence-corrected chi connectivity index (χ1v) is 9.51. The summed E-state index contributed by atoms with van der Waals surface area (Å²) in [5.41, 5.74) is 3.43. The van der Waals surface area contributed by atoms with Crippen LogP contribution in [0.4, 0.5) is 0 Å². The molecular formula is C22H26IN5O2. The number of benzene rings is 2. The molecule has 0 fully saturated rings. The summed E-state index contributed by atoms with van der Waals surface area (Å²) in [5.74, 6) is 1.19. The van der Waals surface area contributed by atoms with E-state index in [0.717, 1.165) is 16.8 Å². The fraction of sp³-hybridized carbons (Fsp3) is 0.227. The lowest BCUT2D eigenvalue weighted by Gasteiger charge is -2.11. The minimum absolute atomic E-state index is 0. The van der Waals surface area contributed by atoms with E-state index >= 15 is 0 Å². The van der Waals surface area contributed by atoms with E-state index in [4.69, 9.17) is 4.42 Å². The van der Waals surface area contributed by atoms with Crippen LogP contribution >= 0.6 is 24.0 Å². The Labute approximate surface area is 193 Å². The van der Waals surface area contributed by atoms with Crippen molar-refractivity contribution >= 4 is 35.8 Å². The van der Waals surface area contributed by atoms with Gasteiger partial charge in [0.25, 0.3) is 5.91 Å². The van der Waals surface area contributed by atoms with Crippen LogP contribution in [-0.2, 0) is 13.1 Å². The average molecular weight is 519 g/mol. The number of nitrogens with zero attached hydrogens (tertiary/aromatic N) is 2. The molecule has 0 saturated carbocycles. The van der Waals surface area contributed by atoms with E-state index in [1.807, 2.05) is 61.5 Å². The summed E-state index contributed by atoms with van der Waals surface area (Å²) >= 11 is 0. The zero-order valence-electron chi connectivity index (χ0n) is 17.0. The number of aliphatic imine (C=N–C) groups is 1. The lowest BCUT2D eigenvalue weighted by atomic mass is 10.1. The minimum atomic E-state index is -0.0630. The van der Waals surface area contributed by atoms with Gasteiger partial charge in [0.05, 0.1) is 12.2 Å². The molecule has 0 saturated heterocycles. The Morgan fingerprint density at radius 3 is 2.37 bits per heavy atom. The zero-order valence-corrected chi connectivity index (χ0v) is 19.3. The molecule has 3 N–H and O–H groups in total. The van der Waals surface area contributed by atoms with Crippen molar-refractivity contribution in [1.82, 2.24) is 20.9 Å². The largest absolute Gasteiger partial charge is 0.444 e. The van der Waals surface area contributed by atoms with Crippen LogP contribution in [0, 0.1) is 0 Å². The standard InChI is InChI=1S/C22H25N5O2.HI/c1-3-24-20(28)17-11-9-16(10-12-17)13-25-22(23-2)26-14-19-15-29-21(27-19)18-7-5-4-6-8-18;/h4-12,15H,3,13-14H2,1-2H3,(H,24,28)(H2,23,25,26);1H. The second-order valence-electron chi connectivity index (χ2n) is 6.35. The molecule has 1 amide bonds. The van der Waals surface area contributed by atoms with Crippen molar-refractivity contribution < 1.29 is 9.21 Å². The highest BCUT2D eigenvalue weighted by atomic mass is 127. The molecule has 0 radical (unpaired) electrons. The van der Waals surface area contributed by atoms with E-state index in [1.165, 1.54) is 0 Å². The summed E-state index contributed by atoms with van der Waals surface area (Å²) in [6, 6.07) is 17.3. The van der Waals surface area contributed by atoms with Gasteiger partial charge in [-0.1, -0.05) is 30.3 Å². The number of hydrogen-bond acceptors (Lipinski definition) is 4. The van der Waals surface area contributed by atoms with Gasteiger partial charge in [-0.05, 0) is 36.8 Å². The molecule has 2 aromatic carbocycles. The second kappa shape index (κ2) is 12.0. The van der Waals surface area contributed by atoms with Crippen molar-refractivity contribution in [3.63, 3.8) is 0 Å². The lowest BCUT2D eigenvalue weighted by Crippen LogP contribution is -2.36. The zero-order chi connectivity index (χ0) is 20.5. The first kappa shape index (κ1) is 23.4. The SMILES string of the molecule is CCNC(=O)c1ccc(CNC(=NC)NCc2coc(-c3ccccc3)n2)cc1.I. The maximum atomic E-state index is 11.8. The summed E-state index contributed by atoms with van der Waals surface area (Å²) in [5, 5.41) is 9.26. The number of guanidine groups is 1. The van der Waals surface area contributed by atoms with Crippen LogP contribution in [0.5, 0.6) is 0 Å². The number of nitrogens with one attached hydrogen (secondary N) is 3. The van der Waals surface area contributed by atoms with Crippen molar-refractivity contribution in [2.24, 2.45) is 4.99 Å². The van der Waals surface area contributed by atoms with Gasteiger partial charge in [0.15, 0.2) is 5.96 Å². The second-order valence-corrected chi connectivity index (χ2v) is 6.35. The molecule has 1 aromatic heterocycles. The molecule has 7 nitrogen and oxygen atoms in total. The number of aromatic nitrogens is 1. The number of rotatable bonds is 7. The maximum Gasteiger partial charge on any atom is 0.251 e. The van der Waals surface area contributed by atoms with Crippen LogP contribution in [0.25, 0.3) is 11.5 Å². The fourth-order valence-corrected chi connectivity index (χ4v) is 2.72. The van der Waals surface area contributed by atoms with Gasteiger partial charge in [-0.15, -0.1) is 24.0 Å². The quantitative estimate of drug-likeness (QED) is 0.252. The number of amides is 1. The van der Waals surface area contributed by atoms with Gasteiger partial charge >= 0.3 is 0 Å². The molecule has 0 bridgehead atoms. The Morgan fingerprint density at radius 2 is 1.70 bits per heavy atom. The highest BCUT2D eigenvalue weighted by Gasteiger charge is 2.07. The summed E-state index contributed by atoms with van der Waals surface area (Å²) < 4.78 is 5.55. The molecule has 3 aromatic rings. The summed E-state index contributed by atoms with van der Waals surface area (Å²) in [4.78, 5) is 20.5. The smallest absolute Gasteiger partial charge is 0.251 e. The molecule has 0 atom stereocenters. The Morgan fingerprint density at radius 1 is 1.00 bits per heavy atom. The van der Waals surface area contributed by atoms with Crippen molar-refractivity contribution in [2.75, 3.05) is 13.6 Å². The van der Waals surface area contributed by atoms with Crippen LogP contribution < -0.4 is 16.0 Å². The van der Waals surface area contributed by atoms with Gasteiger partial charge in [0.1, 0.15) is 6.26 Å². The number of oxazole rings is 1. The van der Waals surface area contributed by atoms with Crippen molar-refractivity contribution in [3.05, 3.63) is 77.7 Å². The van der Waals surface area contributed by atoms with E-state index < -0.39 is 0 Å². The molecule has 158 valence electrons. The van der Waals surface area contributed by atoms with Crippen molar-refractivity contribution in [3.8, 4) is 11.5 Å². The molecule has 0 spiro atoms. The third-order valence-corrected chi connectivity index (χ3v) is 4.25. The Hall–Kier alpha value is -2.88. The van der Waals surface area contributed by atoms with Crippen LogP contribution in [0.15, 0.2) is 70.3 Å². The monoisotopic (exact) mass is 519 g/mol. The van der Waals surface area contributed by atoms with Crippen LogP contribution in [0.2, 0.25) is 0 Å². The highest BCUT2D eigenvalue weighted by Crippen LogP contribution is 2.17. The van der Waals surface area contributed by atoms with Crippen molar-refractivity contribution in [2.45, 2.75) is 20.0 Å². The van der Waals surface area contributed by atoms with Crippen LogP contribution in [0.3, 0.4) is 0 Å². The Kier molecular flexibility index (Phi) is 9.33. The minimum Gasteiger partial charge on any atom is -0.444 e. The fourth-order valence-electron chi connectivity index (χ4n) is 2.72. The van der Waals surface area contributed by atoms with Gasteiger partial charge in [-0.2, -0.15) is 0 Å². The third kappa shape index (κ3) is 6.58. The molecule has 0 aliphatic rings. The molecule has 30 heavy (non-hydrogen) atoms. The molecule has 8 heteroatoms. The topological polar surface area (TPSA) is 91.5 Å². The van der Waals surface area contributed by atoms with E-state index in [-0.39, 0.29) is 29.9 Å². The average Bonchev–Trinajstić information content (AvgIpc) is 3.24.